The monoisotopic (exact) mass is 307 g/mol. The lowest BCUT2D eigenvalue weighted by Crippen LogP contribution is -2.29. The lowest BCUT2D eigenvalue weighted by molar-refractivity contribution is 0.0789. The van der Waals surface area contributed by atoms with E-state index in [1.54, 1.807) is 4.90 Å². The van der Waals surface area contributed by atoms with Crippen molar-refractivity contribution >= 4 is 37.2 Å². The molecule has 0 atom stereocenters. The summed E-state index contributed by atoms with van der Waals surface area (Å²) >= 11 is 5.94. The van der Waals surface area contributed by atoms with Crippen molar-refractivity contribution in [2.24, 2.45) is 0 Å². The molecule has 98 valence electrons. The van der Waals surface area contributed by atoms with Crippen LogP contribution in [0.3, 0.4) is 0 Å². The van der Waals surface area contributed by atoms with E-state index in [0.717, 1.165) is 12.8 Å². The Kier molecular flexibility index (Phi) is 3.84. The quantitative estimate of drug-likeness (QED) is 0.789. The van der Waals surface area contributed by atoms with E-state index in [9.17, 15) is 13.2 Å². The summed E-state index contributed by atoms with van der Waals surface area (Å²) in [5.74, 6) is -0.377. The molecule has 0 spiro atoms. The largest absolute Gasteiger partial charge is 0.339 e. The van der Waals surface area contributed by atoms with Crippen LogP contribution in [0, 0.1) is 0 Å². The van der Waals surface area contributed by atoms with E-state index >= 15 is 0 Å². The third-order valence-electron chi connectivity index (χ3n) is 2.85. The van der Waals surface area contributed by atoms with E-state index in [-0.39, 0.29) is 21.4 Å². The minimum atomic E-state index is -3.99. The van der Waals surface area contributed by atoms with Crippen molar-refractivity contribution < 1.29 is 13.2 Å². The van der Waals surface area contributed by atoms with Crippen LogP contribution in [0.25, 0.3) is 0 Å². The maximum atomic E-state index is 12.3. The van der Waals surface area contributed by atoms with Crippen LogP contribution in [-0.2, 0) is 9.05 Å². The first kappa shape index (κ1) is 13.6. The second-order valence-electron chi connectivity index (χ2n) is 4.05. The standard InChI is InChI=1S/C11H11Cl2NO3S/c12-8-4-3-5-9(18(13,16)17)10(8)11(15)14-6-1-2-7-14/h3-5H,1-2,6-7H2. The second-order valence-corrected chi connectivity index (χ2v) is 6.99. The van der Waals surface area contributed by atoms with Gasteiger partial charge in [0.15, 0.2) is 0 Å². The maximum Gasteiger partial charge on any atom is 0.262 e. The first-order chi connectivity index (χ1) is 8.41. The van der Waals surface area contributed by atoms with Crippen molar-refractivity contribution in [3.05, 3.63) is 28.8 Å². The Balaban J connectivity index is 2.52. The molecule has 1 aromatic rings. The lowest BCUT2D eigenvalue weighted by atomic mass is 10.2. The number of nitrogens with zero attached hydrogens (tertiary/aromatic N) is 1. The van der Waals surface area contributed by atoms with Gasteiger partial charge in [0.1, 0.15) is 0 Å². The number of carbonyl (C=O) groups is 1. The lowest BCUT2D eigenvalue weighted by Gasteiger charge is -2.17. The van der Waals surface area contributed by atoms with Gasteiger partial charge in [-0.05, 0) is 25.0 Å². The highest BCUT2D eigenvalue weighted by molar-refractivity contribution is 8.13. The van der Waals surface area contributed by atoms with Crippen molar-refractivity contribution in [3.8, 4) is 0 Å². The molecule has 0 N–H and O–H groups in total. The van der Waals surface area contributed by atoms with Crippen molar-refractivity contribution in [3.63, 3.8) is 0 Å². The summed E-state index contributed by atoms with van der Waals surface area (Å²) in [7, 11) is 1.34. The Bertz CT molecular complexity index is 580. The van der Waals surface area contributed by atoms with Gasteiger partial charge in [0, 0.05) is 23.8 Å². The highest BCUT2D eigenvalue weighted by Gasteiger charge is 2.28. The van der Waals surface area contributed by atoms with Crippen LogP contribution in [-0.4, -0.2) is 32.3 Å². The van der Waals surface area contributed by atoms with Crippen LogP contribution in [0.15, 0.2) is 23.1 Å². The highest BCUT2D eigenvalue weighted by Crippen LogP contribution is 2.28. The van der Waals surface area contributed by atoms with Gasteiger partial charge in [-0.15, -0.1) is 0 Å². The fraction of sp³-hybridized carbons (Fsp3) is 0.364. The van der Waals surface area contributed by atoms with Gasteiger partial charge in [-0.25, -0.2) is 8.42 Å². The Morgan fingerprint density at radius 1 is 1.22 bits per heavy atom. The number of hydrogen-bond acceptors (Lipinski definition) is 3. The molecule has 4 nitrogen and oxygen atoms in total. The highest BCUT2D eigenvalue weighted by atomic mass is 35.7. The normalized spacial score (nSPS) is 16.0. The van der Waals surface area contributed by atoms with Crippen LogP contribution in [0.1, 0.15) is 23.2 Å². The van der Waals surface area contributed by atoms with Crippen LogP contribution in [0.5, 0.6) is 0 Å². The fourth-order valence-electron chi connectivity index (χ4n) is 1.99. The number of amides is 1. The van der Waals surface area contributed by atoms with Gasteiger partial charge in [0.05, 0.1) is 15.5 Å². The zero-order valence-corrected chi connectivity index (χ0v) is 11.7. The first-order valence-electron chi connectivity index (χ1n) is 5.43. The summed E-state index contributed by atoms with van der Waals surface area (Å²) in [6.45, 7) is 1.23. The Morgan fingerprint density at radius 3 is 2.39 bits per heavy atom. The summed E-state index contributed by atoms with van der Waals surface area (Å²) in [4.78, 5) is 13.6. The third-order valence-corrected chi connectivity index (χ3v) is 4.52. The molecule has 0 aliphatic carbocycles. The van der Waals surface area contributed by atoms with Crippen molar-refractivity contribution in [1.29, 1.82) is 0 Å². The molecule has 7 heteroatoms. The fourth-order valence-corrected chi connectivity index (χ4v) is 3.37. The summed E-state index contributed by atoms with van der Waals surface area (Å²) in [5.41, 5.74) is -0.0314. The van der Waals surface area contributed by atoms with Crippen LogP contribution < -0.4 is 0 Å². The summed E-state index contributed by atoms with van der Waals surface area (Å²) in [6.07, 6.45) is 1.83. The maximum absolute atomic E-state index is 12.3. The smallest absolute Gasteiger partial charge is 0.262 e. The first-order valence-corrected chi connectivity index (χ1v) is 8.12. The molecule has 1 heterocycles. The Morgan fingerprint density at radius 2 is 1.83 bits per heavy atom. The number of likely N-dealkylation sites (tertiary alicyclic amines) is 1. The molecule has 0 saturated carbocycles. The summed E-state index contributed by atoms with van der Waals surface area (Å²) in [5, 5.41) is 0.105. The molecule has 1 aliphatic rings. The molecule has 0 bridgehead atoms. The number of hydrogen-bond donors (Lipinski definition) is 0. The van der Waals surface area contributed by atoms with E-state index in [1.807, 2.05) is 0 Å². The van der Waals surface area contributed by atoms with Gasteiger partial charge in [-0.3, -0.25) is 4.79 Å². The van der Waals surface area contributed by atoms with Gasteiger partial charge in [0.2, 0.25) is 0 Å². The second kappa shape index (κ2) is 5.07. The number of benzene rings is 1. The van der Waals surface area contributed by atoms with Gasteiger partial charge >= 0.3 is 0 Å². The molecule has 0 unspecified atom stereocenters. The van der Waals surface area contributed by atoms with Gasteiger partial charge < -0.3 is 4.90 Å². The molecule has 1 aliphatic heterocycles. The molecule has 1 amide bonds. The van der Waals surface area contributed by atoms with Gasteiger partial charge in [0.25, 0.3) is 15.0 Å². The SMILES string of the molecule is O=C(c1c(Cl)cccc1S(=O)(=O)Cl)N1CCCC1. The number of rotatable bonds is 2. The minimum absolute atomic E-state index is 0.0314. The topological polar surface area (TPSA) is 54.5 Å². The molecule has 0 radical (unpaired) electrons. The Hall–Kier alpha value is -0.780. The van der Waals surface area contributed by atoms with Crippen molar-refractivity contribution in [1.82, 2.24) is 4.90 Å². The van der Waals surface area contributed by atoms with E-state index in [1.165, 1.54) is 18.2 Å². The van der Waals surface area contributed by atoms with E-state index in [0.29, 0.717) is 13.1 Å². The molecule has 1 fully saturated rings. The van der Waals surface area contributed by atoms with Crippen LogP contribution in [0.2, 0.25) is 5.02 Å². The molecule has 1 aromatic carbocycles. The predicted molar refractivity (Wildman–Crippen MR) is 69.6 cm³/mol. The molecular weight excluding hydrogens is 297 g/mol. The van der Waals surface area contributed by atoms with Crippen LogP contribution in [0.4, 0.5) is 0 Å². The predicted octanol–water partition coefficient (Wildman–Crippen LogP) is 2.50. The average Bonchev–Trinajstić information content (AvgIpc) is 2.80. The minimum Gasteiger partial charge on any atom is -0.339 e. The zero-order chi connectivity index (χ0) is 13.3. The number of halogens is 2. The average molecular weight is 308 g/mol. The van der Waals surface area contributed by atoms with Gasteiger partial charge in [-0.1, -0.05) is 17.7 Å². The van der Waals surface area contributed by atoms with E-state index in [4.69, 9.17) is 22.3 Å². The zero-order valence-electron chi connectivity index (χ0n) is 9.40. The van der Waals surface area contributed by atoms with Crippen molar-refractivity contribution in [2.45, 2.75) is 17.7 Å². The molecular formula is C11H11Cl2NO3S. The van der Waals surface area contributed by atoms with E-state index < -0.39 is 9.05 Å². The van der Waals surface area contributed by atoms with Gasteiger partial charge in [-0.2, -0.15) is 0 Å². The van der Waals surface area contributed by atoms with Crippen LogP contribution >= 0.6 is 22.3 Å². The number of carbonyl (C=O) groups excluding carboxylic acids is 1. The molecule has 2 rings (SSSR count). The molecule has 1 saturated heterocycles. The Labute approximate surface area is 115 Å². The summed E-state index contributed by atoms with van der Waals surface area (Å²) in [6, 6.07) is 4.23. The molecule has 18 heavy (non-hydrogen) atoms. The van der Waals surface area contributed by atoms with E-state index in [2.05, 4.69) is 0 Å². The third kappa shape index (κ3) is 2.63. The summed E-state index contributed by atoms with van der Waals surface area (Å²) < 4.78 is 22.9. The molecule has 0 aromatic heterocycles. The van der Waals surface area contributed by atoms with Crippen molar-refractivity contribution in [2.75, 3.05) is 13.1 Å².